The minimum atomic E-state index is -4.66. The number of unbranched alkanes of at least 4 members (excludes halogenated alkanes) is 2. The van der Waals surface area contributed by atoms with Crippen molar-refractivity contribution in [3.63, 3.8) is 0 Å². The predicted molar refractivity (Wildman–Crippen MR) is 201 cm³/mol. The maximum atomic E-state index is 14.2. The molecule has 0 spiro atoms. The van der Waals surface area contributed by atoms with Crippen LogP contribution in [-0.4, -0.2) is 37.5 Å². The summed E-state index contributed by atoms with van der Waals surface area (Å²) < 4.78 is 70.9. The molecule has 0 aromatic heterocycles. The van der Waals surface area contributed by atoms with Crippen LogP contribution in [-0.2, 0) is 33.1 Å². The summed E-state index contributed by atoms with van der Waals surface area (Å²) in [6, 6.07) is 12.9. The molecule has 4 aromatic rings. The average Bonchev–Trinajstić information content (AvgIpc) is 3.03. The Morgan fingerprint density at radius 3 is 1.32 bits per heavy atom. The smallest absolute Gasteiger partial charge is 0.296 e. The fourth-order valence-electron chi connectivity index (χ4n) is 6.32. The molecule has 264 valence electrons. The highest BCUT2D eigenvalue weighted by Gasteiger charge is 2.35. The molecular formula is C36H36Br2N2O8S2. The summed E-state index contributed by atoms with van der Waals surface area (Å²) in [7, 11) is -9.32. The minimum Gasteiger partial charge on any atom is -0.354 e. The van der Waals surface area contributed by atoms with Gasteiger partial charge in [0.1, 0.15) is 9.79 Å². The molecule has 10 nitrogen and oxygen atoms in total. The fraction of sp³-hybridized carbons (Fsp3) is 0.278. The van der Waals surface area contributed by atoms with Crippen LogP contribution in [0.3, 0.4) is 0 Å². The topological polar surface area (TPSA) is 167 Å². The standard InChI is InChI=1S/C36H36Br2N2O8S2/c1-5-7-11-21-17-19(3)31(29(37)35(21)49(43,44)45)39-25-15-16-26(28-27(25)33(41)23-13-9-10-14-24(23)34(28)42)40-32-20(4)18-22(12-8-6-2)36(30(32)38)50(46,47)48/h9-10,13-18,39-40H,5-8,11-12H2,1-4H3,(H,43,44,45)(H,46,47,48). The first-order valence-corrected chi connectivity index (χ1v) is 20.5. The van der Waals surface area contributed by atoms with Gasteiger partial charge < -0.3 is 10.6 Å². The minimum absolute atomic E-state index is 0.0109. The molecule has 0 saturated heterocycles. The number of benzene rings is 4. The number of ketones is 2. The van der Waals surface area contributed by atoms with E-state index in [1.54, 1.807) is 62.4 Å². The van der Waals surface area contributed by atoms with Crippen LogP contribution in [0.25, 0.3) is 0 Å². The largest absolute Gasteiger partial charge is 0.354 e. The first-order chi connectivity index (χ1) is 23.5. The van der Waals surface area contributed by atoms with Gasteiger partial charge >= 0.3 is 0 Å². The SMILES string of the molecule is CCCCc1cc(C)c(Nc2ccc(Nc3c(C)cc(CCCC)c(S(=O)(=O)O)c3Br)c3c2C(=O)c2ccccc2C3=O)c(Br)c1S(=O)(=O)O. The van der Waals surface area contributed by atoms with Gasteiger partial charge in [0.05, 0.1) is 42.8 Å². The van der Waals surface area contributed by atoms with Crippen LogP contribution >= 0.6 is 31.9 Å². The Morgan fingerprint density at radius 2 is 1.00 bits per heavy atom. The Balaban J connectivity index is 1.72. The number of fused-ring (bicyclic) bond motifs is 2. The first-order valence-electron chi connectivity index (χ1n) is 16.0. The van der Waals surface area contributed by atoms with E-state index in [-0.39, 0.29) is 63.7 Å². The van der Waals surface area contributed by atoms with Gasteiger partial charge in [-0.05, 0) is 106 Å². The molecule has 1 aliphatic carbocycles. The number of rotatable bonds is 12. The zero-order valence-corrected chi connectivity index (χ0v) is 32.6. The monoisotopic (exact) mass is 846 g/mol. The van der Waals surface area contributed by atoms with E-state index in [0.29, 0.717) is 47.9 Å². The van der Waals surface area contributed by atoms with E-state index in [1.807, 2.05) is 13.8 Å². The lowest BCUT2D eigenvalue weighted by molar-refractivity contribution is 0.0980. The van der Waals surface area contributed by atoms with Gasteiger partial charge in [0.2, 0.25) is 0 Å². The molecule has 0 unspecified atom stereocenters. The molecule has 50 heavy (non-hydrogen) atoms. The fourth-order valence-corrected chi connectivity index (χ4v) is 10.5. The molecule has 0 bridgehead atoms. The predicted octanol–water partition coefficient (Wildman–Crippen LogP) is 9.27. The molecule has 14 heteroatoms. The number of nitrogens with one attached hydrogen (secondary N) is 2. The van der Waals surface area contributed by atoms with E-state index in [4.69, 9.17) is 0 Å². The van der Waals surface area contributed by atoms with E-state index in [0.717, 1.165) is 12.8 Å². The summed E-state index contributed by atoms with van der Waals surface area (Å²) in [5, 5.41) is 6.34. The van der Waals surface area contributed by atoms with Crippen LogP contribution < -0.4 is 10.6 Å². The average molecular weight is 849 g/mol. The first kappa shape index (κ1) is 37.8. The number of hydrogen-bond acceptors (Lipinski definition) is 8. The maximum absolute atomic E-state index is 14.2. The second-order valence-electron chi connectivity index (χ2n) is 12.3. The molecule has 0 saturated carbocycles. The Kier molecular flexibility index (Phi) is 11.1. The lowest BCUT2D eigenvalue weighted by Gasteiger charge is -2.26. The van der Waals surface area contributed by atoms with Crippen molar-refractivity contribution in [2.45, 2.75) is 76.0 Å². The van der Waals surface area contributed by atoms with Crippen LogP contribution in [0.4, 0.5) is 22.7 Å². The van der Waals surface area contributed by atoms with Gasteiger partial charge in [-0.3, -0.25) is 18.7 Å². The molecule has 1 aliphatic rings. The zero-order valence-electron chi connectivity index (χ0n) is 27.8. The van der Waals surface area contributed by atoms with Crippen molar-refractivity contribution in [1.82, 2.24) is 0 Å². The van der Waals surface area contributed by atoms with Gasteiger partial charge in [0.25, 0.3) is 20.2 Å². The van der Waals surface area contributed by atoms with Gasteiger partial charge in [-0.2, -0.15) is 16.8 Å². The molecule has 0 atom stereocenters. The van der Waals surface area contributed by atoms with E-state index in [1.165, 1.54) is 0 Å². The number of aryl methyl sites for hydroxylation is 4. The number of anilines is 4. The molecule has 4 aromatic carbocycles. The van der Waals surface area contributed by atoms with Gasteiger partial charge in [-0.25, -0.2) is 0 Å². The van der Waals surface area contributed by atoms with Gasteiger partial charge in [-0.15, -0.1) is 0 Å². The van der Waals surface area contributed by atoms with Crippen molar-refractivity contribution in [1.29, 1.82) is 0 Å². The molecular weight excluding hydrogens is 812 g/mol. The lowest BCUT2D eigenvalue weighted by Crippen LogP contribution is -2.23. The number of halogens is 2. The highest BCUT2D eigenvalue weighted by atomic mass is 79.9. The van der Waals surface area contributed by atoms with E-state index < -0.39 is 31.8 Å². The molecule has 5 rings (SSSR count). The second kappa shape index (κ2) is 14.7. The second-order valence-corrected chi connectivity index (χ2v) is 16.6. The molecule has 0 fully saturated rings. The third-order valence-electron chi connectivity index (χ3n) is 8.70. The summed E-state index contributed by atoms with van der Waals surface area (Å²) >= 11 is 6.79. The van der Waals surface area contributed by atoms with Gasteiger partial charge in [0, 0.05) is 11.1 Å². The van der Waals surface area contributed by atoms with E-state index in [9.17, 15) is 35.5 Å². The summed E-state index contributed by atoms with van der Waals surface area (Å²) in [6.07, 6.45) is 3.84. The van der Waals surface area contributed by atoms with Crippen molar-refractivity contribution in [3.05, 3.63) is 102 Å². The Bertz CT molecular complexity index is 2130. The lowest BCUT2D eigenvalue weighted by atomic mass is 9.82. The molecule has 4 N–H and O–H groups in total. The van der Waals surface area contributed by atoms with Gasteiger partial charge in [-0.1, -0.05) is 63.1 Å². The third-order valence-corrected chi connectivity index (χ3v) is 12.8. The summed E-state index contributed by atoms with van der Waals surface area (Å²) in [5.41, 5.74) is 3.48. The van der Waals surface area contributed by atoms with Crippen LogP contribution in [0.1, 0.15) is 93.6 Å². The summed E-state index contributed by atoms with van der Waals surface area (Å²) in [6.45, 7) is 7.47. The maximum Gasteiger partial charge on any atom is 0.296 e. The van der Waals surface area contributed by atoms with Crippen molar-refractivity contribution < 1.29 is 35.5 Å². The van der Waals surface area contributed by atoms with Crippen LogP contribution in [0.2, 0.25) is 0 Å². The normalized spacial score (nSPS) is 12.9. The zero-order chi connectivity index (χ0) is 36.7. The highest BCUT2D eigenvalue weighted by Crippen LogP contribution is 2.44. The van der Waals surface area contributed by atoms with Crippen molar-refractivity contribution >= 4 is 86.4 Å². The molecule has 0 aliphatic heterocycles. The van der Waals surface area contributed by atoms with Crippen molar-refractivity contribution in [2.24, 2.45) is 0 Å². The Labute approximate surface area is 308 Å². The van der Waals surface area contributed by atoms with E-state index >= 15 is 0 Å². The quantitative estimate of drug-likeness (QED) is 0.0889. The van der Waals surface area contributed by atoms with E-state index in [2.05, 4.69) is 42.5 Å². The highest BCUT2D eigenvalue weighted by molar-refractivity contribution is 9.11. The molecule has 0 amide bonds. The van der Waals surface area contributed by atoms with Crippen LogP contribution in [0.5, 0.6) is 0 Å². The van der Waals surface area contributed by atoms with Crippen molar-refractivity contribution in [2.75, 3.05) is 10.6 Å². The molecule has 0 radical (unpaired) electrons. The third kappa shape index (κ3) is 7.19. The summed E-state index contributed by atoms with van der Waals surface area (Å²) in [5.74, 6) is -0.928. The number of hydrogen-bond donors (Lipinski definition) is 4. The number of carbonyl (C=O) groups excluding carboxylic acids is 2. The summed E-state index contributed by atoms with van der Waals surface area (Å²) in [4.78, 5) is 27.9. The molecule has 0 heterocycles. The van der Waals surface area contributed by atoms with Gasteiger partial charge in [0.15, 0.2) is 11.6 Å². The van der Waals surface area contributed by atoms with Crippen LogP contribution in [0, 0.1) is 13.8 Å². The Morgan fingerprint density at radius 1 is 0.640 bits per heavy atom. The Hall–Kier alpha value is -3.40. The number of carbonyl (C=O) groups is 2. The van der Waals surface area contributed by atoms with Crippen LogP contribution in [0.15, 0.2) is 67.3 Å². The van der Waals surface area contributed by atoms with Crippen molar-refractivity contribution in [3.8, 4) is 0 Å².